The maximum atomic E-state index is 12.0. The van der Waals surface area contributed by atoms with E-state index in [1.165, 1.54) is 0 Å². The molecule has 2 aromatic heterocycles. The largest absolute Gasteiger partial charge is 0.355 e. The van der Waals surface area contributed by atoms with Crippen LogP contribution in [0.4, 0.5) is 22.9 Å². The van der Waals surface area contributed by atoms with Crippen LogP contribution in [0.15, 0.2) is 42.7 Å². The smallest absolute Gasteiger partial charge is 0.253 e. The lowest BCUT2D eigenvalue weighted by molar-refractivity contribution is 0.0964. The third kappa shape index (κ3) is 3.62. The summed E-state index contributed by atoms with van der Waals surface area (Å²) in [5.74, 6) is 0.438. The number of hydrogen-bond acceptors (Lipinski definition) is 5. The molecule has 1 aromatic carbocycles. The monoisotopic (exact) mass is 370 g/mol. The van der Waals surface area contributed by atoms with E-state index in [-0.39, 0.29) is 5.91 Å². The Morgan fingerprint density at radius 2 is 1.88 bits per heavy atom. The number of nitrogens with one attached hydrogen (secondary N) is 3. The SMILES string of the molecule is CNC(=O)c1ccccc1Nc1cc(Nc2cnn(C)c2C)ncc1Cl. The summed E-state index contributed by atoms with van der Waals surface area (Å²) >= 11 is 6.28. The molecule has 2 heterocycles. The fourth-order valence-electron chi connectivity index (χ4n) is 2.43. The number of aryl methyl sites for hydroxylation is 1. The Balaban J connectivity index is 1.90. The van der Waals surface area contributed by atoms with Crippen LogP contribution in [0.5, 0.6) is 0 Å². The predicted octanol–water partition coefficient (Wildman–Crippen LogP) is 3.62. The van der Waals surface area contributed by atoms with Crippen molar-refractivity contribution in [3.8, 4) is 0 Å². The Morgan fingerprint density at radius 1 is 1.12 bits per heavy atom. The number of hydrogen-bond donors (Lipinski definition) is 3. The molecule has 8 heteroatoms. The summed E-state index contributed by atoms with van der Waals surface area (Å²) in [6.45, 7) is 1.96. The molecule has 0 aliphatic heterocycles. The van der Waals surface area contributed by atoms with Gasteiger partial charge in [-0.15, -0.1) is 0 Å². The molecular formula is C18H19ClN6O. The van der Waals surface area contributed by atoms with Crippen LogP contribution in [0.2, 0.25) is 5.02 Å². The van der Waals surface area contributed by atoms with Crippen LogP contribution < -0.4 is 16.0 Å². The minimum absolute atomic E-state index is 0.178. The lowest BCUT2D eigenvalue weighted by atomic mass is 10.1. The molecule has 0 unspecified atom stereocenters. The number of carbonyl (C=O) groups excluding carboxylic acids is 1. The summed E-state index contributed by atoms with van der Waals surface area (Å²) in [5, 5.41) is 13.7. The van der Waals surface area contributed by atoms with Crippen molar-refractivity contribution in [2.45, 2.75) is 6.92 Å². The molecule has 0 bridgehead atoms. The minimum Gasteiger partial charge on any atom is -0.355 e. The minimum atomic E-state index is -0.178. The van der Waals surface area contributed by atoms with E-state index >= 15 is 0 Å². The number of rotatable bonds is 5. The Morgan fingerprint density at radius 3 is 2.58 bits per heavy atom. The van der Waals surface area contributed by atoms with E-state index in [1.54, 1.807) is 36.3 Å². The molecule has 134 valence electrons. The van der Waals surface area contributed by atoms with Gasteiger partial charge in [0.05, 0.1) is 45.7 Å². The molecule has 0 spiro atoms. The van der Waals surface area contributed by atoms with Gasteiger partial charge < -0.3 is 16.0 Å². The summed E-state index contributed by atoms with van der Waals surface area (Å²) in [7, 11) is 3.47. The van der Waals surface area contributed by atoms with Crippen molar-refractivity contribution in [1.82, 2.24) is 20.1 Å². The molecule has 7 nitrogen and oxygen atoms in total. The Kier molecular flexibility index (Phi) is 5.09. The highest BCUT2D eigenvalue weighted by Gasteiger charge is 2.12. The molecule has 3 aromatic rings. The lowest BCUT2D eigenvalue weighted by Crippen LogP contribution is -2.19. The van der Waals surface area contributed by atoms with Gasteiger partial charge in [0.2, 0.25) is 0 Å². The summed E-state index contributed by atoms with van der Waals surface area (Å²) in [6.07, 6.45) is 3.29. The quantitative estimate of drug-likeness (QED) is 0.638. The van der Waals surface area contributed by atoms with Crippen molar-refractivity contribution in [3.05, 3.63) is 59.0 Å². The van der Waals surface area contributed by atoms with Gasteiger partial charge >= 0.3 is 0 Å². The number of halogens is 1. The van der Waals surface area contributed by atoms with Crippen LogP contribution in [0.1, 0.15) is 16.1 Å². The van der Waals surface area contributed by atoms with E-state index in [9.17, 15) is 4.79 Å². The van der Waals surface area contributed by atoms with Gasteiger partial charge in [0.1, 0.15) is 5.82 Å². The molecule has 0 saturated heterocycles. The van der Waals surface area contributed by atoms with Crippen molar-refractivity contribution in [2.24, 2.45) is 7.05 Å². The molecular weight excluding hydrogens is 352 g/mol. The van der Waals surface area contributed by atoms with E-state index in [2.05, 4.69) is 26.0 Å². The molecule has 26 heavy (non-hydrogen) atoms. The van der Waals surface area contributed by atoms with Crippen LogP contribution in [0.3, 0.4) is 0 Å². The third-order valence-electron chi connectivity index (χ3n) is 4.02. The summed E-state index contributed by atoms with van der Waals surface area (Å²) in [5.41, 5.74) is 3.67. The van der Waals surface area contributed by atoms with Crippen molar-refractivity contribution in [1.29, 1.82) is 0 Å². The average Bonchev–Trinajstić information content (AvgIpc) is 2.96. The van der Waals surface area contributed by atoms with E-state index in [0.29, 0.717) is 27.8 Å². The fourth-order valence-corrected chi connectivity index (χ4v) is 2.58. The van der Waals surface area contributed by atoms with Gasteiger partial charge in [-0.25, -0.2) is 4.98 Å². The van der Waals surface area contributed by atoms with Gasteiger partial charge in [0.15, 0.2) is 0 Å². The molecule has 0 fully saturated rings. The van der Waals surface area contributed by atoms with E-state index < -0.39 is 0 Å². The molecule has 0 saturated carbocycles. The van der Waals surface area contributed by atoms with Crippen LogP contribution >= 0.6 is 11.6 Å². The van der Waals surface area contributed by atoms with Crippen LogP contribution in [0.25, 0.3) is 0 Å². The first-order valence-electron chi connectivity index (χ1n) is 7.99. The lowest BCUT2D eigenvalue weighted by Gasteiger charge is -2.13. The highest BCUT2D eigenvalue weighted by molar-refractivity contribution is 6.33. The van der Waals surface area contributed by atoms with Crippen LogP contribution in [-0.4, -0.2) is 27.7 Å². The van der Waals surface area contributed by atoms with Gasteiger partial charge in [-0.2, -0.15) is 5.10 Å². The molecule has 3 N–H and O–H groups in total. The Labute approximate surface area is 156 Å². The number of nitrogens with zero attached hydrogens (tertiary/aromatic N) is 3. The predicted molar refractivity (Wildman–Crippen MR) is 104 cm³/mol. The average molecular weight is 371 g/mol. The normalized spacial score (nSPS) is 10.5. The number of anilines is 4. The maximum Gasteiger partial charge on any atom is 0.253 e. The second-order valence-electron chi connectivity index (χ2n) is 5.69. The van der Waals surface area contributed by atoms with Crippen molar-refractivity contribution < 1.29 is 4.79 Å². The number of carbonyl (C=O) groups is 1. The first-order chi connectivity index (χ1) is 12.5. The van der Waals surface area contributed by atoms with Gasteiger partial charge in [0.25, 0.3) is 5.91 Å². The Bertz CT molecular complexity index is 953. The van der Waals surface area contributed by atoms with Crippen molar-refractivity contribution in [3.63, 3.8) is 0 Å². The van der Waals surface area contributed by atoms with Crippen molar-refractivity contribution >= 4 is 40.4 Å². The van der Waals surface area contributed by atoms with Gasteiger partial charge in [-0.05, 0) is 19.1 Å². The van der Waals surface area contributed by atoms with Crippen molar-refractivity contribution in [2.75, 3.05) is 17.7 Å². The number of amides is 1. The van der Waals surface area contributed by atoms with E-state index in [0.717, 1.165) is 11.4 Å². The highest BCUT2D eigenvalue weighted by atomic mass is 35.5. The number of pyridine rings is 1. The first-order valence-corrected chi connectivity index (χ1v) is 8.36. The molecule has 0 radical (unpaired) electrons. The Hall–Kier alpha value is -3.06. The number of benzene rings is 1. The van der Waals surface area contributed by atoms with Gasteiger partial charge in [-0.1, -0.05) is 23.7 Å². The molecule has 0 aliphatic carbocycles. The zero-order valence-electron chi connectivity index (χ0n) is 14.7. The maximum absolute atomic E-state index is 12.0. The summed E-state index contributed by atoms with van der Waals surface area (Å²) in [6, 6.07) is 9.01. The molecule has 3 rings (SSSR count). The number of aromatic nitrogens is 3. The second-order valence-corrected chi connectivity index (χ2v) is 6.10. The van der Waals surface area contributed by atoms with E-state index in [1.807, 2.05) is 32.2 Å². The second kappa shape index (κ2) is 7.45. The standard InChI is InChI=1S/C18H19ClN6O/c1-11-16(10-22-25(11)3)24-17-8-15(13(19)9-21-17)23-14-7-5-4-6-12(14)18(26)20-2/h4-10H,1-3H3,(H,20,26)(H2,21,23,24). The first kappa shape index (κ1) is 17.8. The molecule has 0 aliphatic rings. The van der Waals surface area contributed by atoms with Gasteiger partial charge in [-0.3, -0.25) is 9.48 Å². The van der Waals surface area contributed by atoms with Crippen LogP contribution in [-0.2, 0) is 7.05 Å². The highest BCUT2D eigenvalue weighted by Crippen LogP contribution is 2.30. The zero-order chi connectivity index (χ0) is 18.7. The summed E-state index contributed by atoms with van der Waals surface area (Å²) < 4.78 is 1.77. The summed E-state index contributed by atoms with van der Waals surface area (Å²) in [4.78, 5) is 16.3. The topological polar surface area (TPSA) is 83.9 Å². The van der Waals surface area contributed by atoms with E-state index in [4.69, 9.17) is 11.6 Å². The third-order valence-corrected chi connectivity index (χ3v) is 4.32. The van der Waals surface area contributed by atoms with Crippen LogP contribution in [0, 0.1) is 6.92 Å². The fraction of sp³-hybridized carbons (Fsp3) is 0.167. The molecule has 0 atom stereocenters. The zero-order valence-corrected chi connectivity index (χ0v) is 15.4. The number of para-hydroxylation sites is 1. The molecule has 1 amide bonds. The van der Waals surface area contributed by atoms with Gasteiger partial charge in [0, 0.05) is 20.2 Å².